The number of hydrogen-bond donors (Lipinski definition) is 0. The van der Waals surface area contributed by atoms with Gasteiger partial charge >= 0.3 is 17.9 Å². The van der Waals surface area contributed by atoms with Crippen LogP contribution in [0, 0.1) is 0 Å². The molecule has 0 N–H and O–H groups in total. The predicted octanol–water partition coefficient (Wildman–Crippen LogP) is 17.0. The molecule has 0 aliphatic carbocycles. The summed E-state index contributed by atoms with van der Waals surface area (Å²) in [6.45, 7) is 6.46. The van der Waals surface area contributed by atoms with Crippen LogP contribution in [0.4, 0.5) is 0 Å². The minimum atomic E-state index is -0.796. The number of esters is 3. The van der Waals surface area contributed by atoms with Gasteiger partial charge in [0.05, 0.1) is 0 Å². The summed E-state index contributed by atoms with van der Waals surface area (Å²) < 4.78 is 16.8. The fraction of sp³-hybridized carbons (Fsp3) is 0.732. The molecule has 0 saturated carbocycles. The smallest absolute Gasteiger partial charge is 0.306 e. The molecular formula is C56H96O6. The van der Waals surface area contributed by atoms with Crippen LogP contribution in [0.15, 0.2) is 72.9 Å². The highest BCUT2D eigenvalue weighted by molar-refractivity contribution is 5.71. The molecule has 0 aliphatic rings. The first-order valence-electron chi connectivity index (χ1n) is 25.9. The molecular weight excluding hydrogens is 769 g/mol. The summed E-state index contributed by atoms with van der Waals surface area (Å²) in [5.41, 5.74) is 0. The molecule has 6 heteroatoms. The molecule has 0 heterocycles. The van der Waals surface area contributed by atoms with Crippen molar-refractivity contribution in [1.82, 2.24) is 0 Å². The number of ether oxygens (including phenoxy) is 3. The molecule has 0 radical (unpaired) electrons. The lowest BCUT2D eigenvalue weighted by molar-refractivity contribution is -0.167. The number of allylic oxidation sites excluding steroid dienone is 12. The van der Waals surface area contributed by atoms with Crippen molar-refractivity contribution in [3.63, 3.8) is 0 Å². The van der Waals surface area contributed by atoms with E-state index in [1.165, 1.54) is 103 Å². The summed E-state index contributed by atoms with van der Waals surface area (Å²) >= 11 is 0. The van der Waals surface area contributed by atoms with E-state index in [2.05, 4.69) is 93.7 Å². The van der Waals surface area contributed by atoms with Crippen molar-refractivity contribution < 1.29 is 28.6 Å². The van der Waals surface area contributed by atoms with E-state index in [1.54, 1.807) is 0 Å². The first kappa shape index (κ1) is 58.9. The van der Waals surface area contributed by atoms with E-state index in [9.17, 15) is 14.4 Å². The monoisotopic (exact) mass is 865 g/mol. The van der Waals surface area contributed by atoms with Gasteiger partial charge in [-0.2, -0.15) is 0 Å². The second-order valence-electron chi connectivity index (χ2n) is 17.0. The van der Waals surface area contributed by atoms with Crippen LogP contribution in [0.3, 0.4) is 0 Å². The molecule has 0 saturated heterocycles. The molecule has 1 unspecified atom stereocenters. The topological polar surface area (TPSA) is 78.9 Å². The van der Waals surface area contributed by atoms with Crippen molar-refractivity contribution in [2.75, 3.05) is 13.2 Å². The fourth-order valence-corrected chi connectivity index (χ4v) is 7.01. The Morgan fingerprint density at radius 3 is 1.03 bits per heavy atom. The van der Waals surface area contributed by atoms with Gasteiger partial charge in [-0.15, -0.1) is 0 Å². The third-order valence-electron chi connectivity index (χ3n) is 10.9. The van der Waals surface area contributed by atoms with E-state index in [0.29, 0.717) is 19.3 Å². The van der Waals surface area contributed by atoms with Crippen LogP contribution < -0.4 is 0 Å². The number of unbranched alkanes of at least 4 members (excludes halogenated alkanes) is 23. The molecule has 0 aliphatic heterocycles. The van der Waals surface area contributed by atoms with Gasteiger partial charge in [-0.05, 0) is 109 Å². The van der Waals surface area contributed by atoms with Crippen LogP contribution >= 0.6 is 0 Å². The lowest BCUT2D eigenvalue weighted by Gasteiger charge is -2.18. The van der Waals surface area contributed by atoms with Gasteiger partial charge in [0.25, 0.3) is 0 Å². The molecule has 0 aromatic carbocycles. The van der Waals surface area contributed by atoms with Gasteiger partial charge in [0, 0.05) is 19.3 Å². The van der Waals surface area contributed by atoms with Gasteiger partial charge in [-0.3, -0.25) is 14.4 Å². The third kappa shape index (κ3) is 47.9. The summed E-state index contributed by atoms with van der Waals surface area (Å²) in [5, 5.41) is 0. The largest absolute Gasteiger partial charge is 0.462 e. The van der Waals surface area contributed by atoms with Crippen molar-refractivity contribution >= 4 is 17.9 Å². The molecule has 0 rings (SSSR count). The van der Waals surface area contributed by atoms with Gasteiger partial charge in [-0.1, -0.05) is 190 Å². The predicted molar refractivity (Wildman–Crippen MR) is 265 cm³/mol. The Labute approximate surface area is 382 Å². The highest BCUT2D eigenvalue weighted by Crippen LogP contribution is 2.14. The van der Waals surface area contributed by atoms with E-state index < -0.39 is 6.10 Å². The van der Waals surface area contributed by atoms with Crippen molar-refractivity contribution in [1.29, 1.82) is 0 Å². The first-order valence-corrected chi connectivity index (χ1v) is 25.9. The Morgan fingerprint density at radius 1 is 0.339 bits per heavy atom. The molecule has 6 nitrogen and oxygen atoms in total. The van der Waals surface area contributed by atoms with Gasteiger partial charge in [-0.25, -0.2) is 0 Å². The van der Waals surface area contributed by atoms with Crippen LogP contribution in [-0.4, -0.2) is 37.2 Å². The molecule has 0 spiro atoms. The SMILES string of the molecule is CC/C=C\C/C=C\C/C=C\C/C=C\CCCCCC(=O)OCC(COC(=O)CCCCC/C=C\CCCCCCCC)OC(=O)CCCCCCCCC/C=C\CCCCCC. The Kier molecular flexibility index (Phi) is 47.9. The third-order valence-corrected chi connectivity index (χ3v) is 10.9. The van der Waals surface area contributed by atoms with Crippen LogP contribution in [-0.2, 0) is 28.6 Å². The maximum Gasteiger partial charge on any atom is 0.306 e. The van der Waals surface area contributed by atoms with Crippen molar-refractivity contribution in [3.8, 4) is 0 Å². The second kappa shape index (κ2) is 50.5. The van der Waals surface area contributed by atoms with Crippen molar-refractivity contribution in [3.05, 3.63) is 72.9 Å². The average molecular weight is 865 g/mol. The molecule has 62 heavy (non-hydrogen) atoms. The standard InChI is InChI=1S/C56H96O6/c1-4-7-10-13-16-19-22-25-27-29-31-34-37-40-43-46-49-55(58)61-52-53(51-60-54(57)48-45-42-39-36-33-30-24-21-18-15-12-9-6-3)62-56(59)50-47-44-41-38-35-32-28-26-23-20-17-14-11-8-5-2/h7,10,16,19-20,23,25,27,30-31,33-34,53H,4-6,8-9,11-15,17-18,21-22,24,26,28-29,32,35-52H2,1-3H3/b10-7-,19-16-,23-20-,27-25-,33-30-,34-31-. The summed E-state index contributed by atoms with van der Waals surface area (Å²) in [6.07, 6.45) is 63.1. The quantitative estimate of drug-likeness (QED) is 0.0262. The van der Waals surface area contributed by atoms with E-state index in [1.807, 2.05) is 0 Å². The van der Waals surface area contributed by atoms with Crippen molar-refractivity contribution in [2.45, 2.75) is 252 Å². The summed E-state index contributed by atoms with van der Waals surface area (Å²) in [6, 6.07) is 0. The summed E-state index contributed by atoms with van der Waals surface area (Å²) in [4.78, 5) is 38.0. The van der Waals surface area contributed by atoms with E-state index in [4.69, 9.17) is 14.2 Å². The molecule has 1 atom stereocenters. The minimum absolute atomic E-state index is 0.0953. The Hall–Kier alpha value is -3.15. The van der Waals surface area contributed by atoms with Crippen LogP contribution in [0.5, 0.6) is 0 Å². The Bertz CT molecular complexity index is 1180. The van der Waals surface area contributed by atoms with Gasteiger partial charge in [0.2, 0.25) is 0 Å². The fourth-order valence-electron chi connectivity index (χ4n) is 7.01. The van der Waals surface area contributed by atoms with Gasteiger partial charge < -0.3 is 14.2 Å². The van der Waals surface area contributed by atoms with Crippen LogP contribution in [0.25, 0.3) is 0 Å². The maximum atomic E-state index is 12.8. The van der Waals surface area contributed by atoms with E-state index >= 15 is 0 Å². The van der Waals surface area contributed by atoms with E-state index in [-0.39, 0.29) is 31.1 Å². The zero-order chi connectivity index (χ0) is 45.1. The molecule has 0 amide bonds. The molecule has 356 valence electrons. The highest BCUT2D eigenvalue weighted by atomic mass is 16.6. The second-order valence-corrected chi connectivity index (χ2v) is 17.0. The van der Waals surface area contributed by atoms with E-state index in [0.717, 1.165) is 103 Å². The van der Waals surface area contributed by atoms with Crippen molar-refractivity contribution in [2.24, 2.45) is 0 Å². The number of hydrogen-bond acceptors (Lipinski definition) is 6. The molecule has 0 fully saturated rings. The lowest BCUT2D eigenvalue weighted by atomic mass is 10.1. The number of carbonyl (C=O) groups excluding carboxylic acids is 3. The van der Waals surface area contributed by atoms with Crippen LogP contribution in [0.1, 0.15) is 245 Å². The van der Waals surface area contributed by atoms with Gasteiger partial charge in [0.1, 0.15) is 13.2 Å². The summed E-state index contributed by atoms with van der Waals surface area (Å²) in [7, 11) is 0. The van der Waals surface area contributed by atoms with Crippen LogP contribution in [0.2, 0.25) is 0 Å². The maximum absolute atomic E-state index is 12.8. The minimum Gasteiger partial charge on any atom is -0.462 e. The molecule has 0 bridgehead atoms. The normalized spacial score (nSPS) is 12.6. The first-order chi connectivity index (χ1) is 30.5. The Balaban J connectivity index is 4.46. The molecule has 0 aromatic rings. The highest BCUT2D eigenvalue weighted by Gasteiger charge is 2.19. The lowest BCUT2D eigenvalue weighted by Crippen LogP contribution is -2.30. The Morgan fingerprint density at radius 2 is 0.629 bits per heavy atom. The zero-order valence-electron chi connectivity index (χ0n) is 40.6. The zero-order valence-corrected chi connectivity index (χ0v) is 40.6. The molecule has 0 aromatic heterocycles. The average Bonchev–Trinajstić information content (AvgIpc) is 3.27. The van der Waals surface area contributed by atoms with Gasteiger partial charge in [0.15, 0.2) is 6.10 Å². The summed E-state index contributed by atoms with van der Waals surface area (Å²) in [5.74, 6) is -0.945. The number of rotatable bonds is 46. The number of carbonyl (C=O) groups is 3.